The van der Waals surface area contributed by atoms with Crippen LogP contribution in [0.4, 0.5) is 5.95 Å². The lowest BCUT2D eigenvalue weighted by atomic mass is 10.0. The second-order valence-electron chi connectivity index (χ2n) is 6.06. The lowest BCUT2D eigenvalue weighted by Gasteiger charge is -2.37. The molecule has 1 fully saturated rings. The van der Waals surface area contributed by atoms with Crippen LogP contribution in [0.3, 0.4) is 0 Å². The van der Waals surface area contributed by atoms with Gasteiger partial charge in [0.1, 0.15) is 0 Å². The van der Waals surface area contributed by atoms with Crippen LogP contribution in [-0.2, 0) is 6.54 Å². The van der Waals surface area contributed by atoms with Gasteiger partial charge in [0.25, 0.3) is 0 Å². The van der Waals surface area contributed by atoms with Gasteiger partial charge in [0.2, 0.25) is 5.95 Å². The maximum Gasteiger partial charge on any atom is 0.225 e. The van der Waals surface area contributed by atoms with E-state index in [1.807, 2.05) is 31.7 Å². The van der Waals surface area contributed by atoms with Crippen LogP contribution < -0.4 is 4.90 Å². The number of nitrogens with zero attached hydrogens (tertiary/aromatic N) is 5. The zero-order chi connectivity index (χ0) is 15.4. The summed E-state index contributed by atoms with van der Waals surface area (Å²) in [6, 6.07) is 4.66. The zero-order valence-corrected chi connectivity index (χ0v) is 13.3. The third-order valence-corrected chi connectivity index (χ3v) is 4.27. The van der Waals surface area contributed by atoms with Crippen molar-refractivity contribution >= 4 is 5.95 Å². The lowest BCUT2D eigenvalue weighted by molar-refractivity contribution is 0.198. The van der Waals surface area contributed by atoms with Gasteiger partial charge in [-0.2, -0.15) is 0 Å². The molecule has 0 bridgehead atoms. The highest BCUT2D eigenvalue weighted by Crippen LogP contribution is 2.19. The number of likely N-dealkylation sites (N-methyl/N-ethyl adjacent to an activating group) is 1. The number of aromatic nitrogens is 3. The highest BCUT2D eigenvalue weighted by atomic mass is 15.3. The average Bonchev–Trinajstić information content (AvgIpc) is 2.56. The topological polar surface area (TPSA) is 45.2 Å². The fraction of sp³-hybridized carbons (Fsp3) is 0.471. The third-order valence-electron chi connectivity index (χ3n) is 4.27. The Hall–Kier alpha value is -2.01. The predicted octanol–water partition coefficient (Wildman–Crippen LogP) is 2.28. The molecular weight excluding hydrogens is 274 g/mol. The Morgan fingerprint density at radius 3 is 2.68 bits per heavy atom. The Bertz CT molecular complexity index is 584. The van der Waals surface area contributed by atoms with E-state index in [0.717, 1.165) is 31.1 Å². The Morgan fingerprint density at radius 1 is 1.23 bits per heavy atom. The maximum atomic E-state index is 4.45. The Kier molecular flexibility index (Phi) is 4.63. The molecule has 0 radical (unpaired) electrons. The summed E-state index contributed by atoms with van der Waals surface area (Å²) >= 11 is 0. The SMILES string of the molecule is Cc1cnc(N(C)C2CCCN(Cc3ccncc3)C2)nc1. The van der Waals surface area contributed by atoms with Gasteiger partial charge in [-0.05, 0) is 49.6 Å². The molecule has 1 aliphatic rings. The quantitative estimate of drug-likeness (QED) is 0.866. The third kappa shape index (κ3) is 3.60. The van der Waals surface area contributed by atoms with Gasteiger partial charge in [-0.3, -0.25) is 9.88 Å². The van der Waals surface area contributed by atoms with Crippen LogP contribution in [0.1, 0.15) is 24.0 Å². The first-order valence-corrected chi connectivity index (χ1v) is 7.85. The van der Waals surface area contributed by atoms with E-state index in [9.17, 15) is 0 Å². The number of piperidine rings is 1. The number of anilines is 1. The number of hydrogen-bond acceptors (Lipinski definition) is 5. The van der Waals surface area contributed by atoms with Crippen LogP contribution >= 0.6 is 0 Å². The molecule has 116 valence electrons. The van der Waals surface area contributed by atoms with Gasteiger partial charge >= 0.3 is 0 Å². The van der Waals surface area contributed by atoms with Crippen molar-refractivity contribution in [3.05, 3.63) is 48.0 Å². The molecule has 0 spiro atoms. The molecule has 0 aromatic carbocycles. The van der Waals surface area contributed by atoms with Gasteiger partial charge in [0.05, 0.1) is 0 Å². The number of aryl methyl sites for hydroxylation is 1. The standard InChI is InChI=1S/C17H23N5/c1-14-10-19-17(20-11-14)21(2)16-4-3-9-22(13-16)12-15-5-7-18-8-6-15/h5-8,10-11,16H,3-4,9,12-13H2,1-2H3. The number of hydrogen-bond donors (Lipinski definition) is 0. The Labute approximate surface area is 132 Å². The van der Waals surface area contributed by atoms with E-state index in [1.54, 1.807) is 0 Å². The van der Waals surface area contributed by atoms with Crippen molar-refractivity contribution in [3.8, 4) is 0 Å². The summed E-state index contributed by atoms with van der Waals surface area (Å²) in [5.74, 6) is 0.821. The molecule has 2 aromatic rings. The van der Waals surface area contributed by atoms with Gasteiger partial charge in [0.15, 0.2) is 0 Å². The lowest BCUT2D eigenvalue weighted by Crippen LogP contribution is -2.46. The first-order valence-electron chi connectivity index (χ1n) is 7.85. The van der Waals surface area contributed by atoms with Crippen LogP contribution in [0.5, 0.6) is 0 Å². The van der Waals surface area contributed by atoms with E-state index in [0.29, 0.717) is 6.04 Å². The van der Waals surface area contributed by atoms with E-state index in [2.05, 4.69) is 43.9 Å². The molecule has 1 saturated heterocycles. The van der Waals surface area contributed by atoms with Crippen LogP contribution in [0.15, 0.2) is 36.9 Å². The molecule has 0 aliphatic carbocycles. The fourth-order valence-electron chi connectivity index (χ4n) is 2.97. The molecule has 0 N–H and O–H groups in total. The summed E-state index contributed by atoms with van der Waals surface area (Å²) in [5, 5.41) is 0. The monoisotopic (exact) mass is 297 g/mol. The van der Waals surface area contributed by atoms with E-state index < -0.39 is 0 Å². The van der Waals surface area contributed by atoms with Gasteiger partial charge in [-0.15, -0.1) is 0 Å². The smallest absolute Gasteiger partial charge is 0.225 e. The van der Waals surface area contributed by atoms with Crippen molar-refractivity contribution in [1.29, 1.82) is 0 Å². The second-order valence-corrected chi connectivity index (χ2v) is 6.06. The molecule has 5 nitrogen and oxygen atoms in total. The Balaban J connectivity index is 1.63. The van der Waals surface area contributed by atoms with Gasteiger partial charge in [-0.25, -0.2) is 9.97 Å². The highest BCUT2D eigenvalue weighted by molar-refractivity contribution is 5.30. The van der Waals surface area contributed by atoms with Crippen molar-refractivity contribution in [3.63, 3.8) is 0 Å². The molecule has 22 heavy (non-hydrogen) atoms. The summed E-state index contributed by atoms with van der Waals surface area (Å²) in [4.78, 5) is 17.7. The minimum absolute atomic E-state index is 0.471. The molecule has 3 rings (SSSR count). The summed E-state index contributed by atoms with van der Waals surface area (Å²) in [7, 11) is 2.10. The van der Waals surface area contributed by atoms with Crippen LogP contribution in [-0.4, -0.2) is 46.0 Å². The second kappa shape index (κ2) is 6.83. The maximum absolute atomic E-state index is 4.45. The molecule has 0 amide bonds. The van der Waals surface area contributed by atoms with E-state index in [4.69, 9.17) is 0 Å². The highest BCUT2D eigenvalue weighted by Gasteiger charge is 2.24. The predicted molar refractivity (Wildman–Crippen MR) is 87.7 cm³/mol. The number of pyridine rings is 1. The molecule has 1 unspecified atom stereocenters. The van der Waals surface area contributed by atoms with Crippen LogP contribution in [0.2, 0.25) is 0 Å². The summed E-state index contributed by atoms with van der Waals surface area (Å²) in [6.07, 6.45) is 9.91. The molecule has 1 aliphatic heterocycles. The number of likely N-dealkylation sites (tertiary alicyclic amines) is 1. The van der Waals surface area contributed by atoms with Crippen molar-refractivity contribution in [1.82, 2.24) is 19.9 Å². The summed E-state index contributed by atoms with van der Waals surface area (Å²) in [5.41, 5.74) is 2.42. The normalized spacial score (nSPS) is 19.1. The number of rotatable bonds is 4. The summed E-state index contributed by atoms with van der Waals surface area (Å²) in [6.45, 7) is 5.21. The minimum Gasteiger partial charge on any atom is -0.340 e. The first kappa shape index (κ1) is 14.9. The summed E-state index contributed by atoms with van der Waals surface area (Å²) < 4.78 is 0. The van der Waals surface area contributed by atoms with Crippen LogP contribution in [0.25, 0.3) is 0 Å². The van der Waals surface area contributed by atoms with Crippen molar-refractivity contribution < 1.29 is 0 Å². The van der Waals surface area contributed by atoms with Gasteiger partial charge < -0.3 is 4.90 Å². The molecule has 0 saturated carbocycles. The van der Waals surface area contributed by atoms with E-state index >= 15 is 0 Å². The van der Waals surface area contributed by atoms with Crippen LogP contribution in [0, 0.1) is 6.92 Å². The molecule has 3 heterocycles. The molecule has 1 atom stereocenters. The first-order chi connectivity index (χ1) is 10.7. The molecular formula is C17H23N5. The van der Waals surface area contributed by atoms with Crippen molar-refractivity contribution in [2.75, 3.05) is 25.0 Å². The van der Waals surface area contributed by atoms with Crippen molar-refractivity contribution in [2.24, 2.45) is 0 Å². The zero-order valence-electron chi connectivity index (χ0n) is 13.3. The average molecular weight is 297 g/mol. The van der Waals surface area contributed by atoms with Gasteiger partial charge in [0, 0.05) is 51.0 Å². The molecule has 5 heteroatoms. The largest absolute Gasteiger partial charge is 0.340 e. The van der Waals surface area contributed by atoms with Gasteiger partial charge in [-0.1, -0.05) is 0 Å². The van der Waals surface area contributed by atoms with Crippen molar-refractivity contribution in [2.45, 2.75) is 32.4 Å². The van der Waals surface area contributed by atoms with E-state index in [1.165, 1.54) is 18.4 Å². The fourth-order valence-corrected chi connectivity index (χ4v) is 2.97. The molecule has 2 aromatic heterocycles. The Morgan fingerprint density at radius 2 is 1.95 bits per heavy atom. The van der Waals surface area contributed by atoms with E-state index in [-0.39, 0.29) is 0 Å². The minimum atomic E-state index is 0.471.